The second kappa shape index (κ2) is 5.63. The Bertz CT molecular complexity index is 637. The Kier molecular flexibility index (Phi) is 3.70. The molecule has 3 heteroatoms. The molecular formula is C17H19NO2. The first-order chi connectivity index (χ1) is 9.75. The van der Waals surface area contributed by atoms with E-state index in [0.717, 1.165) is 37.2 Å². The van der Waals surface area contributed by atoms with Gasteiger partial charge in [0.15, 0.2) is 0 Å². The first kappa shape index (κ1) is 13.1. The topological polar surface area (TPSA) is 31.2 Å². The molecule has 1 aliphatic rings. The largest absolute Gasteiger partial charge is 0.381 e. The molecule has 0 atom stereocenters. The van der Waals surface area contributed by atoms with Crippen LogP contribution >= 0.6 is 0 Å². The summed E-state index contributed by atoms with van der Waals surface area (Å²) in [4.78, 5) is 12.1. The van der Waals surface area contributed by atoms with Crippen LogP contribution in [0.4, 0.5) is 0 Å². The van der Waals surface area contributed by atoms with Gasteiger partial charge < -0.3 is 9.30 Å². The van der Waals surface area contributed by atoms with Crippen LogP contribution in [0.15, 0.2) is 47.4 Å². The highest BCUT2D eigenvalue weighted by Crippen LogP contribution is 2.28. The highest BCUT2D eigenvalue weighted by atomic mass is 16.5. The van der Waals surface area contributed by atoms with Crippen molar-refractivity contribution in [2.24, 2.45) is 7.05 Å². The first-order valence-electron chi connectivity index (χ1n) is 7.09. The monoisotopic (exact) mass is 269 g/mol. The van der Waals surface area contributed by atoms with Gasteiger partial charge in [0.05, 0.1) is 0 Å². The zero-order chi connectivity index (χ0) is 13.9. The fraction of sp³-hybridized carbons (Fsp3) is 0.353. The van der Waals surface area contributed by atoms with Crippen molar-refractivity contribution in [1.82, 2.24) is 4.57 Å². The predicted molar refractivity (Wildman–Crippen MR) is 79.9 cm³/mol. The van der Waals surface area contributed by atoms with Crippen molar-refractivity contribution in [3.63, 3.8) is 0 Å². The van der Waals surface area contributed by atoms with E-state index in [9.17, 15) is 4.79 Å². The lowest BCUT2D eigenvalue weighted by Crippen LogP contribution is -2.17. The van der Waals surface area contributed by atoms with Crippen LogP contribution in [0, 0.1) is 0 Å². The number of pyridine rings is 1. The molecule has 2 aromatic rings. The summed E-state index contributed by atoms with van der Waals surface area (Å²) >= 11 is 0. The van der Waals surface area contributed by atoms with E-state index in [-0.39, 0.29) is 5.56 Å². The van der Waals surface area contributed by atoms with Crippen molar-refractivity contribution in [2.75, 3.05) is 13.2 Å². The van der Waals surface area contributed by atoms with Gasteiger partial charge in [0.25, 0.3) is 5.56 Å². The van der Waals surface area contributed by atoms with E-state index in [4.69, 9.17) is 4.74 Å². The van der Waals surface area contributed by atoms with Gasteiger partial charge in [-0.05, 0) is 42.0 Å². The summed E-state index contributed by atoms with van der Waals surface area (Å²) in [5, 5.41) is 0. The van der Waals surface area contributed by atoms with Crippen LogP contribution in [0.1, 0.15) is 24.3 Å². The van der Waals surface area contributed by atoms with Gasteiger partial charge in [0, 0.05) is 32.0 Å². The Balaban J connectivity index is 1.89. The normalized spacial score (nSPS) is 16.2. The van der Waals surface area contributed by atoms with Crippen LogP contribution in [0.2, 0.25) is 0 Å². The van der Waals surface area contributed by atoms with Crippen molar-refractivity contribution in [2.45, 2.75) is 18.8 Å². The van der Waals surface area contributed by atoms with Crippen molar-refractivity contribution >= 4 is 0 Å². The molecule has 20 heavy (non-hydrogen) atoms. The highest BCUT2D eigenvalue weighted by Gasteiger charge is 2.15. The number of aryl methyl sites for hydroxylation is 1. The lowest BCUT2D eigenvalue weighted by Gasteiger charge is -2.22. The van der Waals surface area contributed by atoms with Crippen LogP contribution in [-0.4, -0.2) is 17.8 Å². The van der Waals surface area contributed by atoms with Crippen molar-refractivity contribution in [3.8, 4) is 11.1 Å². The molecule has 0 saturated carbocycles. The van der Waals surface area contributed by atoms with E-state index in [2.05, 4.69) is 24.3 Å². The maximum absolute atomic E-state index is 12.1. The van der Waals surface area contributed by atoms with E-state index in [0.29, 0.717) is 5.92 Å². The maximum atomic E-state index is 12.1. The summed E-state index contributed by atoms with van der Waals surface area (Å²) in [6.07, 6.45) is 3.96. The summed E-state index contributed by atoms with van der Waals surface area (Å²) < 4.78 is 7.01. The van der Waals surface area contributed by atoms with Gasteiger partial charge in [-0.15, -0.1) is 0 Å². The fourth-order valence-corrected chi connectivity index (χ4v) is 2.78. The third-order valence-corrected chi connectivity index (χ3v) is 4.04. The summed E-state index contributed by atoms with van der Waals surface area (Å²) in [6, 6.07) is 12.2. The average Bonchev–Trinajstić information content (AvgIpc) is 2.51. The molecule has 1 aromatic carbocycles. The fourth-order valence-electron chi connectivity index (χ4n) is 2.78. The van der Waals surface area contributed by atoms with Gasteiger partial charge in [-0.1, -0.05) is 24.3 Å². The first-order valence-corrected chi connectivity index (χ1v) is 7.09. The molecule has 0 unspecified atom stereocenters. The molecule has 0 N–H and O–H groups in total. The van der Waals surface area contributed by atoms with Gasteiger partial charge in [-0.2, -0.15) is 0 Å². The van der Waals surface area contributed by atoms with Crippen LogP contribution in [0.5, 0.6) is 0 Å². The third-order valence-electron chi connectivity index (χ3n) is 4.04. The molecule has 3 nitrogen and oxygen atoms in total. The minimum absolute atomic E-state index is 0.0475. The summed E-state index contributed by atoms with van der Waals surface area (Å²) in [5.41, 5.74) is 3.15. The Labute approximate surface area is 118 Å². The molecule has 3 rings (SSSR count). The number of rotatable bonds is 2. The smallest absolute Gasteiger partial charge is 0.258 e. The van der Waals surface area contributed by atoms with E-state index >= 15 is 0 Å². The molecule has 1 saturated heterocycles. The third kappa shape index (κ3) is 2.54. The van der Waals surface area contributed by atoms with Crippen molar-refractivity contribution in [1.29, 1.82) is 0 Å². The Morgan fingerprint density at radius 2 is 1.80 bits per heavy atom. The number of hydrogen-bond donors (Lipinski definition) is 0. The zero-order valence-corrected chi connectivity index (χ0v) is 11.7. The van der Waals surface area contributed by atoms with Crippen LogP contribution in [0.3, 0.4) is 0 Å². The number of ether oxygens (including phenoxy) is 1. The number of hydrogen-bond acceptors (Lipinski definition) is 2. The van der Waals surface area contributed by atoms with Crippen molar-refractivity contribution in [3.05, 3.63) is 58.5 Å². The van der Waals surface area contributed by atoms with Gasteiger partial charge in [0.1, 0.15) is 0 Å². The summed E-state index contributed by atoms with van der Waals surface area (Å²) in [6.45, 7) is 1.71. The molecule has 0 bridgehead atoms. The molecule has 0 radical (unpaired) electrons. The lowest BCUT2D eigenvalue weighted by atomic mass is 9.90. The molecule has 104 valence electrons. The van der Waals surface area contributed by atoms with E-state index in [1.54, 1.807) is 17.8 Å². The minimum atomic E-state index is 0.0475. The number of nitrogens with zero attached hydrogens (tertiary/aromatic N) is 1. The predicted octanol–water partition coefficient (Wildman–Crippen LogP) is 2.95. The minimum Gasteiger partial charge on any atom is -0.381 e. The standard InChI is InChI=1S/C17H19NO2/c1-18-10-2-3-16(17(18)19)15-6-4-13(5-7-15)14-8-11-20-12-9-14/h2-7,10,14H,8-9,11-12H2,1H3. The highest BCUT2D eigenvalue weighted by molar-refractivity contribution is 5.62. The second-order valence-corrected chi connectivity index (χ2v) is 5.35. The van der Waals surface area contributed by atoms with Crippen LogP contribution in [-0.2, 0) is 11.8 Å². The SMILES string of the molecule is Cn1cccc(-c2ccc(C3CCOCC3)cc2)c1=O. The molecule has 1 aliphatic heterocycles. The molecular weight excluding hydrogens is 250 g/mol. The maximum Gasteiger partial charge on any atom is 0.258 e. The molecule has 2 heterocycles. The number of aromatic nitrogens is 1. The summed E-state index contributed by atoms with van der Waals surface area (Å²) in [5.74, 6) is 0.594. The Hall–Kier alpha value is -1.87. The van der Waals surface area contributed by atoms with Gasteiger partial charge in [-0.3, -0.25) is 4.79 Å². The molecule has 1 fully saturated rings. The molecule has 1 aromatic heterocycles. The Morgan fingerprint density at radius 1 is 1.10 bits per heavy atom. The number of benzene rings is 1. The quantitative estimate of drug-likeness (QED) is 0.839. The van der Waals surface area contributed by atoms with Gasteiger partial charge in [0.2, 0.25) is 0 Å². The second-order valence-electron chi connectivity index (χ2n) is 5.35. The lowest BCUT2D eigenvalue weighted by molar-refractivity contribution is 0.0853. The van der Waals surface area contributed by atoms with Crippen LogP contribution in [0.25, 0.3) is 11.1 Å². The van der Waals surface area contributed by atoms with E-state index < -0.39 is 0 Å². The van der Waals surface area contributed by atoms with E-state index in [1.807, 2.05) is 12.1 Å². The summed E-state index contributed by atoms with van der Waals surface area (Å²) in [7, 11) is 1.78. The van der Waals surface area contributed by atoms with Gasteiger partial charge >= 0.3 is 0 Å². The molecule has 0 aliphatic carbocycles. The van der Waals surface area contributed by atoms with E-state index in [1.165, 1.54) is 5.56 Å². The average molecular weight is 269 g/mol. The van der Waals surface area contributed by atoms with Gasteiger partial charge in [-0.25, -0.2) is 0 Å². The van der Waals surface area contributed by atoms with Crippen molar-refractivity contribution < 1.29 is 4.74 Å². The Morgan fingerprint density at radius 3 is 2.50 bits per heavy atom. The zero-order valence-electron chi connectivity index (χ0n) is 11.7. The molecule has 0 spiro atoms. The van der Waals surface area contributed by atoms with Crippen LogP contribution < -0.4 is 5.56 Å². The molecule has 0 amide bonds.